The first kappa shape index (κ1) is 12.5. The van der Waals surface area contributed by atoms with Gasteiger partial charge in [-0.1, -0.05) is 0 Å². The number of ketones is 1. The van der Waals surface area contributed by atoms with Crippen molar-refractivity contribution in [3.8, 4) is 0 Å². The van der Waals surface area contributed by atoms with E-state index in [4.69, 9.17) is 10.3 Å². The van der Waals surface area contributed by atoms with Gasteiger partial charge in [0, 0.05) is 12.8 Å². The van der Waals surface area contributed by atoms with Crippen LogP contribution in [-0.4, -0.2) is 28.9 Å². The monoisotopic (exact) mass is 198 g/mol. The van der Waals surface area contributed by atoms with Crippen molar-refractivity contribution in [1.29, 1.82) is 0 Å². The highest BCUT2D eigenvalue weighted by Gasteiger charge is 2.07. The van der Waals surface area contributed by atoms with Gasteiger partial charge in [0.2, 0.25) is 5.78 Å². The van der Waals surface area contributed by atoms with Crippen molar-refractivity contribution in [3.63, 3.8) is 0 Å². The standard InChI is InChI=1S/C9H14N2O3/c1-7(2)14-9(13)5-3-4-8(12)6-11-10/h6-7H,3-5H2,1-2H3. The Morgan fingerprint density at radius 1 is 1.43 bits per heavy atom. The molecule has 14 heavy (non-hydrogen) atoms. The summed E-state index contributed by atoms with van der Waals surface area (Å²) in [6, 6.07) is 0. The minimum absolute atomic E-state index is 0.128. The highest BCUT2D eigenvalue weighted by atomic mass is 16.5. The molecule has 0 aliphatic heterocycles. The Bertz CT molecular complexity index is 255. The zero-order valence-corrected chi connectivity index (χ0v) is 8.40. The molecule has 0 aromatic heterocycles. The zero-order valence-electron chi connectivity index (χ0n) is 8.40. The van der Waals surface area contributed by atoms with Gasteiger partial charge >= 0.3 is 12.2 Å². The van der Waals surface area contributed by atoms with Crippen LogP contribution in [0.25, 0.3) is 5.53 Å². The zero-order chi connectivity index (χ0) is 11.0. The number of carbonyl (C=O) groups excluding carboxylic acids is 2. The van der Waals surface area contributed by atoms with Gasteiger partial charge in [0.25, 0.3) is 0 Å². The first-order valence-corrected chi connectivity index (χ1v) is 4.46. The number of hydrogen-bond acceptors (Lipinski definition) is 3. The highest BCUT2D eigenvalue weighted by molar-refractivity contribution is 6.25. The summed E-state index contributed by atoms with van der Waals surface area (Å²) in [6.07, 6.45) is 1.52. The van der Waals surface area contributed by atoms with Gasteiger partial charge in [-0.15, -0.1) is 0 Å². The molecule has 0 amide bonds. The van der Waals surface area contributed by atoms with Crippen LogP contribution in [0.4, 0.5) is 0 Å². The largest absolute Gasteiger partial charge is 0.463 e. The molecule has 0 rings (SSSR count). The molecule has 5 nitrogen and oxygen atoms in total. The number of ether oxygens (including phenoxy) is 1. The third kappa shape index (κ3) is 7.18. The number of esters is 1. The second-order valence-corrected chi connectivity index (χ2v) is 3.10. The summed E-state index contributed by atoms with van der Waals surface area (Å²) in [4.78, 5) is 24.4. The molecule has 0 saturated carbocycles. The third-order valence-corrected chi connectivity index (χ3v) is 1.37. The Labute approximate surface area is 82.7 Å². The van der Waals surface area contributed by atoms with E-state index in [2.05, 4.69) is 4.79 Å². The number of Topliss-reactive ketones (excluding diaryl/α,β-unsaturated/α-hetero) is 1. The predicted octanol–water partition coefficient (Wildman–Crippen LogP) is 0.978. The lowest BCUT2D eigenvalue weighted by atomic mass is 10.2. The van der Waals surface area contributed by atoms with Crippen LogP contribution in [0, 0.1) is 0 Å². The first-order chi connectivity index (χ1) is 6.56. The van der Waals surface area contributed by atoms with Gasteiger partial charge in [-0.2, -0.15) is 4.79 Å². The molecule has 0 heterocycles. The smallest absolute Gasteiger partial charge is 0.323 e. The van der Waals surface area contributed by atoms with Crippen molar-refractivity contribution < 1.29 is 19.1 Å². The molecule has 0 bridgehead atoms. The second-order valence-electron chi connectivity index (χ2n) is 3.10. The molecular weight excluding hydrogens is 184 g/mol. The summed E-state index contributed by atoms with van der Waals surface area (Å²) in [5, 5.41) is 0. The average Bonchev–Trinajstić information content (AvgIpc) is 2.02. The Morgan fingerprint density at radius 3 is 2.57 bits per heavy atom. The van der Waals surface area contributed by atoms with Gasteiger partial charge in [0.05, 0.1) is 6.10 Å². The fourth-order valence-corrected chi connectivity index (χ4v) is 0.858. The molecule has 0 saturated heterocycles. The molecular formula is C9H14N2O3. The van der Waals surface area contributed by atoms with E-state index in [1.165, 1.54) is 0 Å². The van der Waals surface area contributed by atoms with Gasteiger partial charge in [-0.3, -0.25) is 9.59 Å². The van der Waals surface area contributed by atoms with E-state index in [1.54, 1.807) is 13.8 Å². The molecule has 0 fully saturated rings. The van der Waals surface area contributed by atoms with Crippen LogP contribution in [0.2, 0.25) is 0 Å². The van der Waals surface area contributed by atoms with Crippen molar-refractivity contribution >= 4 is 18.0 Å². The van der Waals surface area contributed by atoms with Crippen LogP contribution in [0.1, 0.15) is 33.1 Å². The maximum Gasteiger partial charge on any atom is 0.323 e. The minimum Gasteiger partial charge on any atom is -0.463 e. The van der Waals surface area contributed by atoms with Crippen molar-refractivity contribution in [1.82, 2.24) is 0 Å². The Balaban J connectivity index is 3.59. The molecule has 5 heteroatoms. The molecule has 0 N–H and O–H groups in total. The van der Waals surface area contributed by atoms with E-state index in [1.807, 2.05) is 0 Å². The SMILES string of the molecule is CC(C)OC(=O)CCCC(=O)C=[N+]=[N-]. The van der Waals surface area contributed by atoms with Gasteiger partial charge in [-0.05, 0) is 20.3 Å². The Kier molecular flexibility index (Phi) is 6.24. The van der Waals surface area contributed by atoms with E-state index >= 15 is 0 Å². The lowest BCUT2D eigenvalue weighted by Crippen LogP contribution is -2.11. The molecule has 78 valence electrons. The van der Waals surface area contributed by atoms with E-state index < -0.39 is 0 Å². The van der Waals surface area contributed by atoms with Gasteiger partial charge < -0.3 is 10.3 Å². The van der Waals surface area contributed by atoms with Gasteiger partial charge in [-0.25, -0.2) is 0 Å². The topological polar surface area (TPSA) is 79.8 Å². The molecule has 0 aromatic rings. The maximum absolute atomic E-state index is 11.0. The Morgan fingerprint density at radius 2 is 2.07 bits per heavy atom. The van der Waals surface area contributed by atoms with Crippen LogP contribution in [0.5, 0.6) is 0 Å². The highest BCUT2D eigenvalue weighted by Crippen LogP contribution is 2.00. The third-order valence-electron chi connectivity index (χ3n) is 1.37. The normalized spacial score (nSPS) is 9.36. The molecule has 0 unspecified atom stereocenters. The quantitative estimate of drug-likeness (QED) is 0.276. The molecule has 0 spiro atoms. The number of hydrogen-bond donors (Lipinski definition) is 0. The van der Waals surface area contributed by atoms with Crippen LogP contribution < -0.4 is 0 Å². The van der Waals surface area contributed by atoms with Crippen LogP contribution >= 0.6 is 0 Å². The predicted molar refractivity (Wildman–Crippen MR) is 49.8 cm³/mol. The van der Waals surface area contributed by atoms with E-state index in [0.29, 0.717) is 6.42 Å². The number of carbonyl (C=O) groups is 2. The minimum atomic E-state index is -0.311. The molecule has 0 aromatic carbocycles. The van der Waals surface area contributed by atoms with Crippen LogP contribution in [0.3, 0.4) is 0 Å². The lowest BCUT2D eigenvalue weighted by Gasteiger charge is -2.06. The molecule has 0 aliphatic rings. The van der Waals surface area contributed by atoms with Gasteiger partial charge in [0.1, 0.15) is 0 Å². The fourth-order valence-electron chi connectivity index (χ4n) is 0.858. The average molecular weight is 198 g/mol. The van der Waals surface area contributed by atoms with Crippen molar-refractivity contribution in [3.05, 3.63) is 5.53 Å². The second kappa shape index (κ2) is 6.97. The maximum atomic E-state index is 11.0. The summed E-state index contributed by atoms with van der Waals surface area (Å²) < 4.78 is 4.86. The summed E-state index contributed by atoms with van der Waals surface area (Å²) in [7, 11) is 0. The summed E-state index contributed by atoms with van der Waals surface area (Å²) >= 11 is 0. The Hall–Kier alpha value is -1.48. The molecule has 0 atom stereocenters. The van der Waals surface area contributed by atoms with Crippen molar-refractivity contribution in [2.75, 3.05) is 0 Å². The van der Waals surface area contributed by atoms with Crippen molar-refractivity contribution in [2.24, 2.45) is 0 Å². The number of rotatable bonds is 6. The fraction of sp³-hybridized carbons (Fsp3) is 0.667. The van der Waals surface area contributed by atoms with E-state index in [0.717, 1.165) is 6.21 Å². The van der Waals surface area contributed by atoms with Crippen LogP contribution in [0.15, 0.2) is 0 Å². The molecule has 0 radical (unpaired) electrons. The molecule has 0 aliphatic carbocycles. The summed E-state index contributed by atoms with van der Waals surface area (Å²) in [6.45, 7) is 3.53. The van der Waals surface area contributed by atoms with Crippen molar-refractivity contribution in [2.45, 2.75) is 39.2 Å². The summed E-state index contributed by atoms with van der Waals surface area (Å²) in [5.74, 6) is -0.612. The summed E-state index contributed by atoms with van der Waals surface area (Å²) in [5.41, 5.74) is 8.02. The lowest BCUT2D eigenvalue weighted by molar-refractivity contribution is -0.147. The first-order valence-electron chi connectivity index (χ1n) is 4.46. The number of nitrogens with zero attached hydrogens (tertiary/aromatic N) is 2. The van der Waals surface area contributed by atoms with E-state index in [9.17, 15) is 9.59 Å². The van der Waals surface area contributed by atoms with Crippen LogP contribution in [-0.2, 0) is 14.3 Å². The van der Waals surface area contributed by atoms with E-state index in [-0.39, 0.29) is 30.7 Å². The van der Waals surface area contributed by atoms with Gasteiger partial charge in [0.15, 0.2) is 0 Å².